The fourth-order valence-electron chi connectivity index (χ4n) is 3.46. The van der Waals surface area contributed by atoms with E-state index in [2.05, 4.69) is 29.6 Å². The number of nitrogens with one attached hydrogen (secondary N) is 1. The van der Waals surface area contributed by atoms with Crippen LogP contribution in [0.3, 0.4) is 0 Å². The Hall–Kier alpha value is -3.02. The Kier molecular flexibility index (Phi) is 7.21. The number of amides is 2. The van der Waals surface area contributed by atoms with Crippen LogP contribution in [-0.2, 0) is 22.5 Å². The molecule has 1 heterocycles. The zero-order valence-corrected chi connectivity index (χ0v) is 18.8. The monoisotopic (exact) mass is 424 g/mol. The largest absolute Gasteiger partial charge is 0.445 e. The molecule has 31 heavy (non-hydrogen) atoms. The fourth-order valence-corrected chi connectivity index (χ4v) is 3.46. The molecule has 0 radical (unpaired) electrons. The van der Waals surface area contributed by atoms with Crippen LogP contribution in [0, 0.1) is 0 Å². The molecule has 6 nitrogen and oxygen atoms in total. The Morgan fingerprint density at radius 1 is 1.03 bits per heavy atom. The summed E-state index contributed by atoms with van der Waals surface area (Å²) in [5, 5.41) is 2.88. The highest BCUT2D eigenvalue weighted by Crippen LogP contribution is 2.28. The van der Waals surface area contributed by atoms with E-state index in [4.69, 9.17) is 9.47 Å². The first-order valence-electron chi connectivity index (χ1n) is 10.7. The van der Waals surface area contributed by atoms with Crippen LogP contribution >= 0.6 is 0 Å². The molecule has 3 rings (SSSR count). The lowest BCUT2D eigenvalue weighted by molar-refractivity contribution is 0.00818. The Morgan fingerprint density at radius 2 is 1.68 bits per heavy atom. The smallest absolute Gasteiger partial charge is 0.410 e. The Balaban J connectivity index is 1.40. The van der Waals surface area contributed by atoms with Gasteiger partial charge in [0.05, 0.1) is 0 Å². The van der Waals surface area contributed by atoms with Gasteiger partial charge in [0.25, 0.3) is 0 Å². The standard InChI is InChI=1S/C25H32N2O4/c1-18(26-23(28)30-17-20-8-6-5-7-9-20)14-19-10-12-21(13-11-19)22-15-27(16-22)24(29)31-25(2,3)4/h5-13,18,22H,14-17H2,1-4H3,(H,26,28). The van der Waals surface area contributed by atoms with Crippen molar-refractivity contribution in [2.75, 3.05) is 13.1 Å². The van der Waals surface area contributed by atoms with Crippen molar-refractivity contribution in [3.63, 3.8) is 0 Å². The molecule has 1 aliphatic rings. The second kappa shape index (κ2) is 9.86. The molecule has 2 aromatic rings. The third-order valence-electron chi connectivity index (χ3n) is 5.10. The van der Waals surface area contributed by atoms with E-state index in [9.17, 15) is 9.59 Å². The molecule has 1 unspecified atom stereocenters. The summed E-state index contributed by atoms with van der Waals surface area (Å²) in [6.45, 7) is 9.20. The minimum atomic E-state index is -0.470. The molecule has 6 heteroatoms. The lowest BCUT2D eigenvalue weighted by atomic mass is 9.90. The predicted molar refractivity (Wildman–Crippen MR) is 120 cm³/mol. The molecule has 0 saturated carbocycles. The van der Waals surface area contributed by atoms with Gasteiger partial charge in [-0.15, -0.1) is 0 Å². The van der Waals surface area contributed by atoms with Gasteiger partial charge in [0.1, 0.15) is 12.2 Å². The number of ether oxygens (including phenoxy) is 2. The summed E-state index contributed by atoms with van der Waals surface area (Å²) < 4.78 is 10.7. The van der Waals surface area contributed by atoms with Gasteiger partial charge < -0.3 is 19.7 Å². The lowest BCUT2D eigenvalue weighted by Crippen LogP contribution is -2.50. The molecule has 1 fully saturated rings. The quantitative estimate of drug-likeness (QED) is 0.718. The second-order valence-corrected chi connectivity index (χ2v) is 9.14. The second-order valence-electron chi connectivity index (χ2n) is 9.14. The van der Waals surface area contributed by atoms with Crippen molar-refractivity contribution in [1.82, 2.24) is 10.2 Å². The number of hydrogen-bond donors (Lipinski definition) is 1. The van der Waals surface area contributed by atoms with E-state index in [1.807, 2.05) is 58.0 Å². The number of hydrogen-bond acceptors (Lipinski definition) is 4. The number of benzene rings is 2. The van der Waals surface area contributed by atoms with Gasteiger partial charge in [-0.3, -0.25) is 0 Å². The van der Waals surface area contributed by atoms with Gasteiger partial charge in [-0.25, -0.2) is 9.59 Å². The number of nitrogens with zero attached hydrogens (tertiary/aromatic N) is 1. The summed E-state index contributed by atoms with van der Waals surface area (Å²) in [6.07, 6.45) is 0.0548. The number of likely N-dealkylation sites (tertiary alicyclic amines) is 1. The number of carbonyl (C=O) groups excluding carboxylic acids is 2. The molecule has 0 aromatic heterocycles. The third-order valence-corrected chi connectivity index (χ3v) is 5.10. The third kappa shape index (κ3) is 7.02. The maximum Gasteiger partial charge on any atom is 0.410 e. The molecule has 1 aliphatic heterocycles. The molecule has 2 amide bonds. The van der Waals surface area contributed by atoms with Gasteiger partial charge in [0, 0.05) is 25.0 Å². The highest BCUT2D eigenvalue weighted by molar-refractivity contribution is 5.69. The van der Waals surface area contributed by atoms with Crippen molar-refractivity contribution in [3.05, 3.63) is 71.3 Å². The molecule has 0 spiro atoms. The van der Waals surface area contributed by atoms with Crippen LogP contribution in [0.15, 0.2) is 54.6 Å². The predicted octanol–water partition coefficient (Wildman–Crippen LogP) is 4.88. The van der Waals surface area contributed by atoms with Crippen LogP contribution in [0.2, 0.25) is 0 Å². The first-order chi connectivity index (χ1) is 14.7. The average Bonchev–Trinajstić information content (AvgIpc) is 2.66. The van der Waals surface area contributed by atoms with E-state index in [1.165, 1.54) is 5.56 Å². The van der Waals surface area contributed by atoms with Crippen LogP contribution in [-0.4, -0.2) is 41.8 Å². The fraction of sp³-hybridized carbons (Fsp3) is 0.440. The van der Waals surface area contributed by atoms with Crippen LogP contribution < -0.4 is 5.32 Å². The SMILES string of the molecule is CC(Cc1ccc(C2CN(C(=O)OC(C)(C)C)C2)cc1)NC(=O)OCc1ccccc1. The zero-order valence-electron chi connectivity index (χ0n) is 18.8. The molecule has 0 bridgehead atoms. The van der Waals surface area contributed by atoms with Gasteiger partial charge in [-0.2, -0.15) is 0 Å². The van der Waals surface area contributed by atoms with Crippen LogP contribution in [0.25, 0.3) is 0 Å². The van der Waals surface area contributed by atoms with Crippen LogP contribution in [0.5, 0.6) is 0 Å². The number of alkyl carbamates (subject to hydrolysis) is 1. The summed E-state index contributed by atoms with van der Waals surface area (Å²) >= 11 is 0. The molecule has 0 aliphatic carbocycles. The molecule has 1 atom stereocenters. The van der Waals surface area contributed by atoms with Crippen molar-refractivity contribution < 1.29 is 19.1 Å². The molecular formula is C25H32N2O4. The zero-order chi connectivity index (χ0) is 22.4. The van der Waals surface area contributed by atoms with Gasteiger partial charge >= 0.3 is 12.2 Å². The van der Waals surface area contributed by atoms with Crippen molar-refractivity contribution in [2.24, 2.45) is 0 Å². The maximum absolute atomic E-state index is 12.1. The van der Waals surface area contributed by atoms with Crippen molar-refractivity contribution in [1.29, 1.82) is 0 Å². The molecular weight excluding hydrogens is 392 g/mol. The van der Waals surface area contributed by atoms with Gasteiger partial charge in [-0.05, 0) is 50.8 Å². The van der Waals surface area contributed by atoms with Crippen molar-refractivity contribution in [2.45, 2.75) is 58.3 Å². The summed E-state index contributed by atoms with van der Waals surface area (Å²) in [6, 6.07) is 17.9. The normalized spacial score (nSPS) is 15.0. The van der Waals surface area contributed by atoms with Gasteiger partial charge in [0.2, 0.25) is 0 Å². The van der Waals surface area contributed by atoms with E-state index in [0.717, 1.165) is 17.5 Å². The van der Waals surface area contributed by atoms with E-state index >= 15 is 0 Å². The topological polar surface area (TPSA) is 67.9 Å². The summed E-state index contributed by atoms with van der Waals surface area (Å²) in [4.78, 5) is 25.8. The first kappa shape index (κ1) is 22.7. The molecule has 1 saturated heterocycles. The summed E-state index contributed by atoms with van der Waals surface area (Å²) in [7, 11) is 0. The Morgan fingerprint density at radius 3 is 2.29 bits per heavy atom. The van der Waals surface area contributed by atoms with E-state index in [-0.39, 0.29) is 18.7 Å². The minimum Gasteiger partial charge on any atom is -0.445 e. The van der Waals surface area contributed by atoms with Gasteiger partial charge in [-0.1, -0.05) is 54.6 Å². The minimum absolute atomic E-state index is 0.0412. The average molecular weight is 425 g/mol. The highest BCUT2D eigenvalue weighted by Gasteiger charge is 2.34. The lowest BCUT2D eigenvalue weighted by Gasteiger charge is -2.40. The maximum atomic E-state index is 12.1. The van der Waals surface area contributed by atoms with Crippen molar-refractivity contribution >= 4 is 12.2 Å². The summed E-state index contributed by atoms with van der Waals surface area (Å²) in [5.41, 5.74) is 2.85. The van der Waals surface area contributed by atoms with E-state index in [0.29, 0.717) is 19.0 Å². The molecule has 166 valence electrons. The van der Waals surface area contributed by atoms with E-state index < -0.39 is 11.7 Å². The Bertz CT molecular complexity index is 869. The molecule has 1 N–H and O–H groups in total. The van der Waals surface area contributed by atoms with Crippen LogP contribution in [0.4, 0.5) is 9.59 Å². The highest BCUT2D eigenvalue weighted by atomic mass is 16.6. The van der Waals surface area contributed by atoms with Crippen LogP contribution in [0.1, 0.15) is 50.3 Å². The van der Waals surface area contributed by atoms with E-state index in [1.54, 1.807) is 4.90 Å². The Labute approximate surface area is 184 Å². The van der Waals surface area contributed by atoms with Crippen molar-refractivity contribution in [3.8, 4) is 0 Å². The number of carbonyl (C=O) groups is 2. The summed E-state index contributed by atoms with van der Waals surface area (Å²) in [5.74, 6) is 0.338. The van der Waals surface area contributed by atoms with Gasteiger partial charge in [0.15, 0.2) is 0 Å². The molecule has 2 aromatic carbocycles. The number of rotatable bonds is 6. The first-order valence-corrected chi connectivity index (χ1v) is 10.7.